The number of hydrogen-bond donors (Lipinski definition) is 0. The van der Waals surface area contributed by atoms with Crippen molar-refractivity contribution in [2.24, 2.45) is 0 Å². The molecule has 4 aromatic rings. The number of imidazole rings is 1. The lowest BCUT2D eigenvalue weighted by molar-refractivity contribution is -0.0504. The Morgan fingerprint density at radius 3 is 2.49 bits per heavy atom. The first-order valence-electron chi connectivity index (χ1n) is 13.2. The van der Waals surface area contributed by atoms with Gasteiger partial charge < -0.3 is 14.2 Å². The average molecular weight is 561 g/mol. The van der Waals surface area contributed by atoms with Crippen LogP contribution in [0.15, 0.2) is 85.7 Å². The molecule has 5 rings (SSSR count). The third-order valence-corrected chi connectivity index (χ3v) is 6.81. The predicted octanol–water partition coefficient (Wildman–Crippen LogP) is 6.02. The van der Waals surface area contributed by atoms with Crippen molar-refractivity contribution in [2.75, 3.05) is 27.2 Å². The number of piperidine rings is 1. The summed E-state index contributed by atoms with van der Waals surface area (Å²) in [6.45, 7) is 11.5. The van der Waals surface area contributed by atoms with Crippen LogP contribution in [0.5, 0.6) is 0 Å². The Kier molecular flexibility index (Phi) is 9.24. The number of methoxy groups -OCH3 is 1. The van der Waals surface area contributed by atoms with Crippen molar-refractivity contribution in [3.63, 3.8) is 0 Å². The Labute approximate surface area is 238 Å². The molecule has 1 aliphatic rings. The van der Waals surface area contributed by atoms with Gasteiger partial charge in [-0.05, 0) is 49.9 Å². The molecule has 0 aliphatic carbocycles. The van der Waals surface area contributed by atoms with Gasteiger partial charge in [-0.2, -0.15) is 0 Å². The number of hydrogen-bond acceptors (Lipinski definition) is 6. The summed E-state index contributed by atoms with van der Waals surface area (Å²) >= 11 is 0. The molecule has 5 heterocycles. The quantitative estimate of drug-likeness (QED) is 0.149. The van der Waals surface area contributed by atoms with Crippen LogP contribution in [0.3, 0.4) is 0 Å². The second-order valence-corrected chi connectivity index (χ2v) is 10.0. The molecule has 0 aromatic carbocycles. The Morgan fingerprint density at radius 1 is 1.10 bits per heavy atom. The van der Waals surface area contributed by atoms with E-state index in [-0.39, 0.29) is 12.8 Å². The van der Waals surface area contributed by atoms with Crippen LogP contribution in [0.1, 0.15) is 29.0 Å². The van der Waals surface area contributed by atoms with E-state index in [2.05, 4.69) is 28.1 Å². The summed E-state index contributed by atoms with van der Waals surface area (Å²) in [5.74, 6) is -0.933. The van der Waals surface area contributed by atoms with E-state index >= 15 is 0 Å². The summed E-state index contributed by atoms with van der Waals surface area (Å²) in [7, 11) is 3.45. The van der Waals surface area contributed by atoms with Crippen LogP contribution >= 0.6 is 0 Å². The second-order valence-electron chi connectivity index (χ2n) is 10.0. The molecule has 0 bridgehead atoms. The molecule has 0 N–H and O–H groups in total. The van der Waals surface area contributed by atoms with Gasteiger partial charge in [-0.15, -0.1) is 0 Å². The van der Waals surface area contributed by atoms with E-state index in [1.165, 1.54) is 0 Å². The number of nitrogens with zero attached hydrogens (tertiary/aromatic N) is 6. The molecule has 1 saturated heterocycles. The van der Waals surface area contributed by atoms with Crippen molar-refractivity contribution in [2.45, 2.75) is 32.2 Å². The summed E-state index contributed by atoms with van der Waals surface area (Å²) < 4.78 is 33.7. The van der Waals surface area contributed by atoms with E-state index in [9.17, 15) is 13.6 Å². The number of aldehydes is 1. The van der Waals surface area contributed by atoms with Gasteiger partial charge in [0.2, 0.25) is 0 Å². The highest BCUT2D eigenvalue weighted by Gasteiger charge is 2.32. The normalized spacial score (nSPS) is 15.0. The smallest absolute Gasteiger partial charge is 0.250 e. The van der Waals surface area contributed by atoms with Gasteiger partial charge in [-0.1, -0.05) is 19.2 Å². The molecule has 214 valence electrons. The Bertz CT molecular complexity index is 1560. The number of aromatic nitrogens is 5. The SMILES string of the molecule is C=C(/C=C\C(=C)OC)Cn1cc(-c2ccc(-n3ccc4cc(C=O)cnc43)cn2)nc1C.CN1CCC(F)(F)CC1. The average Bonchev–Trinajstić information content (AvgIpc) is 3.56. The van der Waals surface area contributed by atoms with Crippen molar-refractivity contribution in [1.82, 2.24) is 29.0 Å². The molecule has 1 aliphatic heterocycles. The largest absolute Gasteiger partial charge is 0.497 e. The number of pyridine rings is 2. The first-order chi connectivity index (χ1) is 19.6. The molecular weight excluding hydrogens is 526 g/mol. The molecule has 10 heteroatoms. The highest BCUT2D eigenvalue weighted by atomic mass is 19.3. The van der Waals surface area contributed by atoms with Crippen LogP contribution in [0, 0.1) is 6.92 Å². The minimum Gasteiger partial charge on any atom is -0.497 e. The van der Waals surface area contributed by atoms with Crippen LogP contribution in [-0.4, -0.2) is 68.4 Å². The molecule has 0 unspecified atom stereocenters. The van der Waals surface area contributed by atoms with Crippen molar-refractivity contribution in [3.05, 3.63) is 97.1 Å². The number of halogens is 2. The van der Waals surface area contributed by atoms with Gasteiger partial charge in [0, 0.05) is 62.0 Å². The number of carbonyl (C=O) groups excluding carboxylic acids is 1. The summed E-state index contributed by atoms with van der Waals surface area (Å²) in [4.78, 5) is 26.6. The number of carbonyl (C=O) groups is 1. The molecule has 1 fully saturated rings. The topological polar surface area (TPSA) is 78.1 Å². The summed E-state index contributed by atoms with van der Waals surface area (Å²) in [6.07, 6.45) is 11.8. The minimum absolute atomic E-state index is 0.0312. The molecule has 0 atom stereocenters. The first kappa shape index (κ1) is 29.5. The zero-order chi connectivity index (χ0) is 29.6. The summed E-state index contributed by atoms with van der Waals surface area (Å²) in [5.41, 5.74) is 4.67. The monoisotopic (exact) mass is 560 g/mol. The molecule has 41 heavy (non-hydrogen) atoms. The Balaban J connectivity index is 0.000000367. The summed E-state index contributed by atoms with van der Waals surface area (Å²) in [5, 5.41) is 0.899. The van der Waals surface area contributed by atoms with E-state index in [4.69, 9.17) is 4.74 Å². The van der Waals surface area contributed by atoms with Crippen molar-refractivity contribution in [3.8, 4) is 17.1 Å². The van der Waals surface area contributed by atoms with Gasteiger partial charge in [0.05, 0.1) is 24.7 Å². The molecule has 4 aromatic heterocycles. The molecular formula is C31H34F2N6O2. The number of alkyl halides is 2. The van der Waals surface area contributed by atoms with Gasteiger partial charge in [0.15, 0.2) is 6.29 Å². The lowest BCUT2D eigenvalue weighted by Gasteiger charge is -2.28. The van der Waals surface area contributed by atoms with Gasteiger partial charge in [-0.3, -0.25) is 14.3 Å². The standard InChI is InChI=1S/C25H23N5O2.C6H11F2N/c1-17(5-6-18(2)32-4)14-29-15-24(28-19(29)3)23-8-7-22(13-26-23)30-10-9-21-11-20(16-31)12-27-25(21)30;1-9-4-2-6(7,8)3-5-9/h5-13,15-16H,1-2,14H2,3-4H3;2-5H2,1H3/b6-5-;. The maximum atomic E-state index is 12.4. The maximum Gasteiger partial charge on any atom is 0.250 e. The minimum atomic E-state index is -2.38. The maximum absolute atomic E-state index is 12.4. The van der Waals surface area contributed by atoms with E-state index in [0.717, 1.165) is 45.8 Å². The van der Waals surface area contributed by atoms with Crippen LogP contribution in [-0.2, 0) is 11.3 Å². The van der Waals surface area contributed by atoms with Gasteiger partial charge in [0.1, 0.15) is 22.9 Å². The molecule has 0 saturated carbocycles. The first-order valence-corrected chi connectivity index (χ1v) is 13.2. The zero-order valence-corrected chi connectivity index (χ0v) is 23.6. The van der Waals surface area contributed by atoms with Gasteiger partial charge >= 0.3 is 0 Å². The number of ether oxygens (including phenoxy) is 1. The number of aryl methyl sites for hydroxylation is 1. The second kappa shape index (κ2) is 12.8. The highest BCUT2D eigenvalue weighted by Crippen LogP contribution is 2.26. The lowest BCUT2D eigenvalue weighted by atomic mass is 10.1. The third-order valence-electron chi connectivity index (χ3n) is 6.81. The predicted molar refractivity (Wildman–Crippen MR) is 156 cm³/mol. The Morgan fingerprint density at radius 2 is 1.85 bits per heavy atom. The molecule has 8 nitrogen and oxygen atoms in total. The molecule has 0 spiro atoms. The van der Waals surface area contributed by atoms with Crippen molar-refractivity contribution < 1.29 is 18.3 Å². The van der Waals surface area contributed by atoms with E-state index in [0.29, 0.717) is 31.0 Å². The molecule has 0 radical (unpaired) electrons. The Hall–Kier alpha value is -4.44. The zero-order valence-electron chi connectivity index (χ0n) is 23.6. The van der Waals surface area contributed by atoms with E-state index < -0.39 is 5.92 Å². The van der Waals surface area contributed by atoms with E-state index in [1.807, 2.05) is 70.7 Å². The highest BCUT2D eigenvalue weighted by molar-refractivity contribution is 5.85. The van der Waals surface area contributed by atoms with E-state index in [1.54, 1.807) is 25.6 Å². The molecule has 0 amide bonds. The van der Waals surface area contributed by atoms with Crippen LogP contribution in [0.4, 0.5) is 8.78 Å². The van der Waals surface area contributed by atoms with Crippen LogP contribution in [0.25, 0.3) is 28.1 Å². The van der Waals surface area contributed by atoms with Crippen LogP contribution < -0.4 is 0 Å². The number of fused-ring (bicyclic) bond motifs is 1. The number of likely N-dealkylation sites (tertiary alicyclic amines) is 1. The third kappa shape index (κ3) is 7.61. The fraction of sp³-hybridized carbons (Fsp3) is 0.290. The van der Waals surface area contributed by atoms with Crippen LogP contribution in [0.2, 0.25) is 0 Å². The number of rotatable bonds is 8. The fourth-order valence-electron chi connectivity index (χ4n) is 4.28. The van der Waals surface area contributed by atoms with Crippen molar-refractivity contribution in [1.29, 1.82) is 0 Å². The summed E-state index contributed by atoms with van der Waals surface area (Å²) in [6, 6.07) is 7.66. The van der Waals surface area contributed by atoms with Crippen molar-refractivity contribution >= 4 is 17.3 Å². The lowest BCUT2D eigenvalue weighted by Crippen LogP contribution is -2.36. The van der Waals surface area contributed by atoms with Gasteiger partial charge in [0.25, 0.3) is 5.92 Å². The van der Waals surface area contributed by atoms with Gasteiger partial charge in [-0.25, -0.2) is 18.7 Å². The number of allylic oxidation sites excluding steroid dienone is 3. The fourth-order valence-corrected chi connectivity index (χ4v) is 4.28.